The molecule has 6 heterocycles. The summed E-state index contributed by atoms with van der Waals surface area (Å²) in [7, 11) is 0. The molecule has 3 N–H and O–H groups in total. The van der Waals surface area contributed by atoms with E-state index in [4.69, 9.17) is 19.4 Å². The first-order valence-electron chi connectivity index (χ1n) is 21.2. The fourth-order valence-corrected chi connectivity index (χ4v) is 8.27. The number of pyridine rings is 2. The zero-order valence-electron chi connectivity index (χ0n) is 34.8. The number of carbonyl (C=O) groups is 2. The van der Waals surface area contributed by atoms with Crippen molar-refractivity contribution in [1.82, 2.24) is 34.8 Å². The van der Waals surface area contributed by atoms with Crippen LogP contribution >= 0.6 is 0 Å². The Morgan fingerprint density at radius 2 is 1.30 bits per heavy atom. The van der Waals surface area contributed by atoms with Crippen LogP contribution in [0.2, 0.25) is 0 Å². The van der Waals surface area contributed by atoms with Gasteiger partial charge in [-0.25, -0.2) is 19.3 Å². The molecule has 0 radical (unpaired) electrons. The van der Waals surface area contributed by atoms with Gasteiger partial charge in [0.2, 0.25) is 5.91 Å². The molecule has 2 saturated heterocycles. The maximum Gasteiger partial charge on any atom is 0.471 e. The van der Waals surface area contributed by atoms with Crippen molar-refractivity contribution in [3.05, 3.63) is 64.7 Å². The molecule has 2 amide bonds. The van der Waals surface area contributed by atoms with Crippen molar-refractivity contribution in [2.24, 2.45) is 0 Å². The predicted octanol–water partition coefficient (Wildman–Crippen LogP) is 6.87. The summed E-state index contributed by atoms with van der Waals surface area (Å²) in [6.07, 6.45) is 2.52. The van der Waals surface area contributed by atoms with E-state index in [9.17, 15) is 22.8 Å². The van der Waals surface area contributed by atoms with Crippen LogP contribution in [0, 0.1) is 0 Å². The molecule has 17 heteroatoms. The number of hydrogen-bond acceptors (Lipinski definition) is 10. The number of amides is 2. The van der Waals surface area contributed by atoms with E-state index in [1.165, 1.54) is 6.07 Å². The Labute approximate surface area is 347 Å². The molecule has 2 fully saturated rings. The van der Waals surface area contributed by atoms with Gasteiger partial charge in [0.25, 0.3) is 0 Å². The molecule has 0 saturated carbocycles. The zero-order valence-corrected chi connectivity index (χ0v) is 34.8. The van der Waals surface area contributed by atoms with Crippen molar-refractivity contribution >= 4 is 50.9 Å². The number of anilines is 3. The number of aromatic nitrogens is 6. The van der Waals surface area contributed by atoms with E-state index in [1.54, 1.807) is 29.1 Å². The predicted molar refractivity (Wildman–Crippen MR) is 224 cm³/mol. The fourth-order valence-electron chi connectivity index (χ4n) is 8.27. The third-order valence-corrected chi connectivity index (χ3v) is 11.5. The summed E-state index contributed by atoms with van der Waals surface area (Å²) in [5, 5.41) is 21.0. The number of nitrogens with zero attached hydrogens (tertiary/aromatic N) is 7. The Balaban J connectivity index is 1.17. The first-order chi connectivity index (χ1) is 29.0. The van der Waals surface area contributed by atoms with Crippen LogP contribution in [-0.4, -0.2) is 86.0 Å². The van der Waals surface area contributed by atoms with Gasteiger partial charge in [-0.3, -0.25) is 14.5 Å². The quantitative estimate of drug-likeness (QED) is 0.0961. The number of fused-ring (bicyclic) bond motifs is 2. The van der Waals surface area contributed by atoms with E-state index in [0.717, 1.165) is 45.7 Å². The van der Waals surface area contributed by atoms with Crippen molar-refractivity contribution in [3.8, 4) is 0 Å². The second-order valence-corrected chi connectivity index (χ2v) is 15.3. The lowest BCUT2D eigenvalue weighted by atomic mass is 10.0. The van der Waals surface area contributed by atoms with Gasteiger partial charge in [0.15, 0.2) is 11.3 Å². The number of aryl methyl sites for hydroxylation is 5. The Hall–Kier alpha value is -5.29. The topological polar surface area (TPSA) is 153 Å². The summed E-state index contributed by atoms with van der Waals surface area (Å²) >= 11 is 0. The summed E-state index contributed by atoms with van der Waals surface area (Å²) in [5.74, 6) is -2.30. The molecule has 0 spiro atoms. The summed E-state index contributed by atoms with van der Waals surface area (Å²) in [4.78, 5) is 37.8. The number of hydrogen-bond donors (Lipinski definition) is 3. The minimum atomic E-state index is -5.17. The minimum absolute atomic E-state index is 0.00391. The van der Waals surface area contributed by atoms with Gasteiger partial charge in [-0.1, -0.05) is 32.0 Å². The van der Waals surface area contributed by atoms with E-state index >= 15 is 0 Å². The van der Waals surface area contributed by atoms with Crippen molar-refractivity contribution in [2.75, 3.05) is 42.0 Å². The molecule has 0 unspecified atom stereocenters. The van der Waals surface area contributed by atoms with Gasteiger partial charge in [0, 0.05) is 92.8 Å². The third-order valence-electron chi connectivity index (χ3n) is 11.5. The highest BCUT2D eigenvalue weighted by Gasteiger charge is 2.44. The van der Waals surface area contributed by atoms with Crippen LogP contribution in [0.1, 0.15) is 87.9 Å². The number of ether oxygens (including phenoxy) is 2. The molecule has 0 atom stereocenters. The SMILES string of the molecule is CCc1nc2c(cnn2CC)c(NC2CCOCC2)c1CNC(=O)CCc1ccccc1N(Cc1c(CC)nc2c(cnn2CC)c1NC1CCOCC1)C(=O)C(F)(F)F. The van der Waals surface area contributed by atoms with Crippen molar-refractivity contribution < 1.29 is 32.2 Å². The molecule has 0 aliphatic carbocycles. The highest BCUT2D eigenvalue weighted by Crippen LogP contribution is 2.36. The highest BCUT2D eigenvalue weighted by molar-refractivity contribution is 5.99. The van der Waals surface area contributed by atoms with Crippen molar-refractivity contribution in [1.29, 1.82) is 0 Å². The molecule has 2 aliphatic rings. The maximum atomic E-state index is 14.6. The number of nitrogens with one attached hydrogen (secondary N) is 3. The van der Waals surface area contributed by atoms with Gasteiger partial charge in [-0.2, -0.15) is 23.4 Å². The standard InChI is InChI=1S/C43H55F3N10O4/c1-5-34-30(38(50-28-15-19-59-20-16-28)31-24-48-55(7-3)40(31)52-34)23-47-37(57)14-13-27-11-9-10-12-36(27)54(42(58)43(44,45)46)26-33-35(6-2)53-41-32(25-49-56(41)8-4)39(33)51-29-17-21-60-22-18-29/h9-12,24-25,28-29H,5-8,13-23,26H2,1-4H3,(H,47,57)(H,50,52)(H,51,53). The second-order valence-electron chi connectivity index (χ2n) is 15.3. The summed E-state index contributed by atoms with van der Waals surface area (Å²) in [6.45, 7) is 11.3. The van der Waals surface area contributed by atoms with Gasteiger partial charge < -0.3 is 25.4 Å². The molecule has 1 aromatic carbocycles. The normalized spacial score (nSPS) is 15.4. The Kier molecular flexibility index (Phi) is 13.5. The zero-order chi connectivity index (χ0) is 42.4. The maximum absolute atomic E-state index is 14.6. The molecule has 60 heavy (non-hydrogen) atoms. The highest BCUT2D eigenvalue weighted by atomic mass is 19.4. The summed E-state index contributed by atoms with van der Waals surface area (Å²) in [5.41, 5.74) is 6.18. The molecular weight excluding hydrogens is 778 g/mol. The largest absolute Gasteiger partial charge is 0.471 e. The van der Waals surface area contributed by atoms with Crippen LogP contribution < -0.4 is 20.9 Å². The average Bonchev–Trinajstić information content (AvgIpc) is 3.88. The van der Waals surface area contributed by atoms with E-state index in [-0.39, 0.29) is 43.1 Å². The van der Waals surface area contributed by atoms with Crippen LogP contribution in [0.15, 0.2) is 36.7 Å². The molecule has 4 aromatic heterocycles. The fraction of sp³-hybridized carbons (Fsp3) is 0.535. The molecule has 322 valence electrons. The monoisotopic (exact) mass is 832 g/mol. The molecule has 5 aromatic rings. The van der Waals surface area contributed by atoms with Gasteiger partial charge in [-0.15, -0.1) is 0 Å². The number of rotatable bonds is 16. The van der Waals surface area contributed by atoms with E-state index in [2.05, 4.69) is 26.1 Å². The van der Waals surface area contributed by atoms with E-state index in [1.807, 2.05) is 38.6 Å². The Morgan fingerprint density at radius 1 is 0.783 bits per heavy atom. The lowest BCUT2D eigenvalue weighted by Gasteiger charge is -2.30. The number of carbonyl (C=O) groups excluding carboxylic acids is 2. The lowest BCUT2D eigenvalue weighted by molar-refractivity contribution is -0.170. The Bertz CT molecular complexity index is 2300. The first-order valence-corrected chi connectivity index (χ1v) is 21.2. The van der Waals surface area contributed by atoms with Crippen LogP contribution in [0.5, 0.6) is 0 Å². The number of alkyl halides is 3. The molecule has 14 nitrogen and oxygen atoms in total. The van der Waals surface area contributed by atoms with Gasteiger partial charge in [0.05, 0.1) is 41.1 Å². The lowest BCUT2D eigenvalue weighted by Crippen LogP contribution is -2.42. The van der Waals surface area contributed by atoms with Crippen LogP contribution in [0.4, 0.5) is 30.2 Å². The molecule has 7 rings (SSSR count). The number of benzene rings is 1. The number of halogens is 3. The smallest absolute Gasteiger partial charge is 0.381 e. The van der Waals surface area contributed by atoms with E-state index < -0.39 is 18.6 Å². The van der Waals surface area contributed by atoms with E-state index in [0.29, 0.717) is 98.7 Å². The molecule has 0 bridgehead atoms. The van der Waals surface area contributed by atoms with Crippen LogP contribution in [0.25, 0.3) is 22.1 Å². The van der Waals surface area contributed by atoms with Crippen LogP contribution in [-0.2, 0) is 64.5 Å². The number of para-hydroxylation sites is 1. The summed E-state index contributed by atoms with van der Waals surface area (Å²) < 4.78 is 58.5. The van der Waals surface area contributed by atoms with Gasteiger partial charge in [0.1, 0.15) is 0 Å². The molecule has 2 aliphatic heterocycles. The van der Waals surface area contributed by atoms with Crippen molar-refractivity contribution in [2.45, 2.75) is 124 Å². The van der Waals surface area contributed by atoms with Crippen molar-refractivity contribution in [3.63, 3.8) is 0 Å². The van der Waals surface area contributed by atoms with Crippen LogP contribution in [0.3, 0.4) is 0 Å². The first kappa shape index (κ1) is 42.8. The minimum Gasteiger partial charge on any atom is -0.381 e. The Morgan fingerprint density at radius 3 is 1.82 bits per heavy atom. The average molecular weight is 833 g/mol. The third kappa shape index (κ3) is 9.21. The van der Waals surface area contributed by atoms with Gasteiger partial charge >= 0.3 is 12.1 Å². The van der Waals surface area contributed by atoms with Gasteiger partial charge in [-0.05, 0) is 70.4 Å². The molecular formula is C43H55F3N10O4. The summed E-state index contributed by atoms with van der Waals surface area (Å²) in [6, 6.07) is 6.67. The second kappa shape index (κ2) is 19.0.